The van der Waals surface area contributed by atoms with E-state index >= 15 is 0 Å². The predicted molar refractivity (Wildman–Crippen MR) is 53.5 cm³/mol. The largest absolute Gasteiger partial charge is 0.480 e. The van der Waals surface area contributed by atoms with Crippen LogP contribution in [0.5, 0.6) is 0 Å². The van der Waals surface area contributed by atoms with Crippen LogP contribution < -0.4 is 5.32 Å². The third-order valence-corrected chi connectivity index (χ3v) is 1.97. The standard InChI is InChI=1S/C10H12N2O3/c1-6-8(4-3-5-11-6)9(13)12-7(2)10(14)15/h3-5,7H,1-2H3,(H,12,13)(H,14,15)/t7-/m1/s1. The van der Waals surface area contributed by atoms with E-state index < -0.39 is 17.9 Å². The number of amides is 1. The van der Waals surface area contributed by atoms with Crippen molar-refractivity contribution in [3.05, 3.63) is 29.6 Å². The molecule has 15 heavy (non-hydrogen) atoms. The highest BCUT2D eigenvalue weighted by Crippen LogP contribution is 2.03. The molecule has 0 aliphatic carbocycles. The summed E-state index contributed by atoms with van der Waals surface area (Å²) in [5, 5.41) is 11.0. The molecule has 1 heterocycles. The zero-order chi connectivity index (χ0) is 11.4. The average Bonchev–Trinajstić information content (AvgIpc) is 2.18. The minimum absolute atomic E-state index is 0.394. The van der Waals surface area contributed by atoms with Crippen LogP contribution >= 0.6 is 0 Å². The van der Waals surface area contributed by atoms with Crippen LogP contribution in [-0.2, 0) is 4.79 Å². The second-order valence-corrected chi connectivity index (χ2v) is 3.17. The Morgan fingerprint density at radius 1 is 1.53 bits per heavy atom. The number of carbonyl (C=O) groups excluding carboxylic acids is 1. The molecule has 5 heteroatoms. The Labute approximate surface area is 87.1 Å². The van der Waals surface area contributed by atoms with Gasteiger partial charge >= 0.3 is 5.97 Å². The van der Waals surface area contributed by atoms with Gasteiger partial charge in [0.15, 0.2) is 0 Å². The number of hydrogen-bond donors (Lipinski definition) is 2. The molecule has 0 aliphatic rings. The van der Waals surface area contributed by atoms with Gasteiger partial charge in [0.25, 0.3) is 5.91 Å². The summed E-state index contributed by atoms with van der Waals surface area (Å²) >= 11 is 0. The third kappa shape index (κ3) is 2.77. The first-order valence-corrected chi connectivity index (χ1v) is 4.47. The molecule has 0 fully saturated rings. The van der Waals surface area contributed by atoms with Gasteiger partial charge in [0.2, 0.25) is 0 Å². The number of carboxylic acids is 1. The number of aromatic nitrogens is 1. The minimum Gasteiger partial charge on any atom is -0.480 e. The van der Waals surface area contributed by atoms with Crippen LogP contribution in [0.3, 0.4) is 0 Å². The SMILES string of the molecule is Cc1ncccc1C(=O)N[C@H](C)C(=O)O. The van der Waals surface area contributed by atoms with E-state index in [1.807, 2.05) is 0 Å². The van der Waals surface area contributed by atoms with Crippen LogP contribution in [-0.4, -0.2) is 28.0 Å². The van der Waals surface area contributed by atoms with Gasteiger partial charge in [-0.1, -0.05) is 0 Å². The lowest BCUT2D eigenvalue weighted by Gasteiger charge is -2.09. The van der Waals surface area contributed by atoms with Crippen LogP contribution in [0.4, 0.5) is 0 Å². The number of nitrogens with one attached hydrogen (secondary N) is 1. The van der Waals surface area contributed by atoms with Crippen molar-refractivity contribution in [3.63, 3.8) is 0 Å². The molecule has 1 atom stereocenters. The molecular weight excluding hydrogens is 196 g/mol. The molecule has 0 saturated heterocycles. The number of carboxylic acid groups (broad SMARTS) is 1. The van der Waals surface area contributed by atoms with Crippen molar-refractivity contribution < 1.29 is 14.7 Å². The summed E-state index contributed by atoms with van der Waals surface area (Å²) in [6.45, 7) is 3.10. The average molecular weight is 208 g/mol. The summed E-state index contributed by atoms with van der Waals surface area (Å²) in [6.07, 6.45) is 1.58. The summed E-state index contributed by atoms with van der Waals surface area (Å²) in [6, 6.07) is 2.33. The Morgan fingerprint density at radius 3 is 2.73 bits per heavy atom. The first kappa shape index (κ1) is 11.2. The zero-order valence-corrected chi connectivity index (χ0v) is 8.52. The Morgan fingerprint density at radius 2 is 2.20 bits per heavy atom. The van der Waals surface area contributed by atoms with Crippen molar-refractivity contribution in [1.82, 2.24) is 10.3 Å². The lowest BCUT2D eigenvalue weighted by Crippen LogP contribution is -2.38. The Kier molecular flexibility index (Phi) is 3.38. The second-order valence-electron chi connectivity index (χ2n) is 3.17. The molecule has 1 aromatic rings. The van der Waals surface area contributed by atoms with Gasteiger partial charge < -0.3 is 10.4 Å². The molecule has 2 N–H and O–H groups in total. The summed E-state index contributed by atoms with van der Waals surface area (Å²) in [5.74, 6) is -1.49. The summed E-state index contributed by atoms with van der Waals surface area (Å²) in [7, 11) is 0. The maximum absolute atomic E-state index is 11.6. The Bertz CT molecular complexity index is 390. The first-order chi connectivity index (χ1) is 7.02. The van der Waals surface area contributed by atoms with Crippen molar-refractivity contribution in [2.75, 3.05) is 0 Å². The van der Waals surface area contributed by atoms with Gasteiger partial charge in [0, 0.05) is 11.9 Å². The van der Waals surface area contributed by atoms with Crippen LogP contribution in [0, 0.1) is 6.92 Å². The quantitative estimate of drug-likeness (QED) is 0.762. The normalized spacial score (nSPS) is 11.9. The molecule has 0 unspecified atom stereocenters. The molecule has 0 aliphatic heterocycles. The van der Waals surface area contributed by atoms with Crippen molar-refractivity contribution in [2.24, 2.45) is 0 Å². The number of aliphatic carboxylic acids is 1. The van der Waals surface area contributed by atoms with Gasteiger partial charge in [-0.25, -0.2) is 0 Å². The first-order valence-electron chi connectivity index (χ1n) is 4.47. The summed E-state index contributed by atoms with van der Waals surface area (Å²) < 4.78 is 0. The lowest BCUT2D eigenvalue weighted by atomic mass is 10.2. The van der Waals surface area contributed by atoms with Crippen molar-refractivity contribution in [3.8, 4) is 0 Å². The van der Waals surface area contributed by atoms with Gasteiger partial charge in [0.1, 0.15) is 6.04 Å². The van der Waals surface area contributed by atoms with Gasteiger partial charge in [-0.3, -0.25) is 14.6 Å². The molecule has 0 bridgehead atoms. The monoisotopic (exact) mass is 208 g/mol. The number of carbonyl (C=O) groups is 2. The molecule has 0 spiro atoms. The number of aryl methyl sites for hydroxylation is 1. The van der Waals surface area contributed by atoms with Gasteiger partial charge in [-0.2, -0.15) is 0 Å². The molecule has 1 amide bonds. The van der Waals surface area contributed by atoms with E-state index in [1.54, 1.807) is 25.3 Å². The molecule has 1 aromatic heterocycles. The maximum Gasteiger partial charge on any atom is 0.325 e. The van der Waals surface area contributed by atoms with Crippen LogP contribution in [0.15, 0.2) is 18.3 Å². The van der Waals surface area contributed by atoms with Crippen molar-refractivity contribution in [1.29, 1.82) is 0 Å². The highest BCUT2D eigenvalue weighted by atomic mass is 16.4. The van der Waals surface area contributed by atoms with Gasteiger partial charge in [0.05, 0.1) is 5.56 Å². The van der Waals surface area contributed by atoms with E-state index in [4.69, 9.17) is 5.11 Å². The fourth-order valence-corrected chi connectivity index (χ4v) is 1.06. The van der Waals surface area contributed by atoms with E-state index in [-0.39, 0.29) is 0 Å². The molecule has 0 saturated carbocycles. The molecule has 0 radical (unpaired) electrons. The molecular formula is C10H12N2O3. The van der Waals surface area contributed by atoms with E-state index in [2.05, 4.69) is 10.3 Å². The van der Waals surface area contributed by atoms with Gasteiger partial charge in [-0.15, -0.1) is 0 Å². The number of hydrogen-bond acceptors (Lipinski definition) is 3. The molecule has 0 aromatic carbocycles. The molecule has 5 nitrogen and oxygen atoms in total. The zero-order valence-electron chi connectivity index (χ0n) is 8.52. The fourth-order valence-electron chi connectivity index (χ4n) is 1.06. The molecule has 1 rings (SSSR count). The fraction of sp³-hybridized carbons (Fsp3) is 0.300. The van der Waals surface area contributed by atoms with Crippen LogP contribution in [0.1, 0.15) is 23.0 Å². The van der Waals surface area contributed by atoms with Gasteiger partial charge in [-0.05, 0) is 26.0 Å². The summed E-state index contributed by atoms with van der Waals surface area (Å²) in [4.78, 5) is 26.0. The smallest absolute Gasteiger partial charge is 0.325 e. The highest BCUT2D eigenvalue weighted by molar-refractivity contribution is 5.97. The highest BCUT2D eigenvalue weighted by Gasteiger charge is 2.16. The Balaban J connectivity index is 2.78. The Hall–Kier alpha value is -1.91. The van der Waals surface area contributed by atoms with E-state index in [9.17, 15) is 9.59 Å². The topological polar surface area (TPSA) is 79.3 Å². The summed E-state index contributed by atoms with van der Waals surface area (Å²) in [5.41, 5.74) is 0.971. The van der Waals surface area contributed by atoms with E-state index in [0.717, 1.165) is 0 Å². The number of rotatable bonds is 3. The van der Waals surface area contributed by atoms with Crippen molar-refractivity contribution >= 4 is 11.9 Å². The van der Waals surface area contributed by atoms with Crippen molar-refractivity contribution in [2.45, 2.75) is 19.9 Å². The third-order valence-electron chi connectivity index (χ3n) is 1.97. The van der Waals surface area contributed by atoms with E-state index in [1.165, 1.54) is 6.92 Å². The van der Waals surface area contributed by atoms with Crippen LogP contribution in [0.25, 0.3) is 0 Å². The number of pyridine rings is 1. The lowest BCUT2D eigenvalue weighted by molar-refractivity contribution is -0.138. The van der Waals surface area contributed by atoms with E-state index in [0.29, 0.717) is 11.3 Å². The number of nitrogens with zero attached hydrogens (tertiary/aromatic N) is 1. The molecule has 80 valence electrons. The van der Waals surface area contributed by atoms with Crippen LogP contribution in [0.2, 0.25) is 0 Å². The second kappa shape index (κ2) is 4.54. The predicted octanol–water partition coefficient (Wildman–Crippen LogP) is 0.593. The maximum atomic E-state index is 11.6. The minimum atomic E-state index is -1.06.